The molecule has 0 unspecified atom stereocenters. The predicted octanol–water partition coefficient (Wildman–Crippen LogP) is 3.64. The van der Waals surface area contributed by atoms with Crippen molar-refractivity contribution in [1.29, 1.82) is 0 Å². The Bertz CT molecular complexity index is 375. The molecule has 0 fully saturated rings. The third-order valence-electron chi connectivity index (χ3n) is 3.19. The van der Waals surface area contributed by atoms with Crippen molar-refractivity contribution in [2.24, 2.45) is 5.92 Å². The maximum absolute atomic E-state index is 11.7. The van der Waals surface area contributed by atoms with E-state index in [0.29, 0.717) is 11.7 Å². The molecule has 0 bridgehead atoms. The SMILES string of the molecule is CCC(CC)CNC(=O)CSc1ccccc1C. The lowest BCUT2D eigenvalue weighted by Gasteiger charge is -2.13. The van der Waals surface area contributed by atoms with Gasteiger partial charge in [0.15, 0.2) is 0 Å². The fourth-order valence-electron chi connectivity index (χ4n) is 1.75. The van der Waals surface area contributed by atoms with Crippen LogP contribution in [0.25, 0.3) is 0 Å². The Morgan fingerprint density at radius 1 is 1.28 bits per heavy atom. The molecule has 1 aromatic carbocycles. The summed E-state index contributed by atoms with van der Waals surface area (Å²) in [6.45, 7) is 7.22. The first-order chi connectivity index (χ1) is 8.67. The molecule has 0 aliphatic rings. The number of aryl methyl sites for hydroxylation is 1. The van der Waals surface area contributed by atoms with E-state index in [-0.39, 0.29) is 5.91 Å². The Balaban J connectivity index is 2.31. The summed E-state index contributed by atoms with van der Waals surface area (Å²) in [7, 11) is 0. The largest absolute Gasteiger partial charge is 0.355 e. The molecule has 0 aromatic heterocycles. The molecule has 0 spiro atoms. The molecule has 0 radical (unpaired) electrons. The molecule has 1 aromatic rings. The monoisotopic (exact) mass is 265 g/mol. The van der Waals surface area contributed by atoms with Crippen molar-refractivity contribution in [3.8, 4) is 0 Å². The molecule has 100 valence electrons. The van der Waals surface area contributed by atoms with Gasteiger partial charge in [0.2, 0.25) is 5.91 Å². The molecule has 1 rings (SSSR count). The third-order valence-corrected chi connectivity index (χ3v) is 4.37. The van der Waals surface area contributed by atoms with Crippen LogP contribution in [0.3, 0.4) is 0 Å². The summed E-state index contributed by atoms with van der Waals surface area (Å²) in [5.41, 5.74) is 1.23. The number of nitrogens with one attached hydrogen (secondary N) is 1. The number of carbonyl (C=O) groups is 1. The van der Waals surface area contributed by atoms with E-state index >= 15 is 0 Å². The Morgan fingerprint density at radius 3 is 2.56 bits per heavy atom. The first kappa shape index (κ1) is 15.1. The van der Waals surface area contributed by atoms with Crippen LogP contribution in [0, 0.1) is 12.8 Å². The lowest BCUT2D eigenvalue weighted by atomic mass is 10.0. The van der Waals surface area contributed by atoms with E-state index in [2.05, 4.69) is 38.2 Å². The second-order valence-corrected chi connectivity index (χ2v) is 5.56. The molecule has 18 heavy (non-hydrogen) atoms. The van der Waals surface area contributed by atoms with Crippen LogP contribution in [0.1, 0.15) is 32.3 Å². The van der Waals surface area contributed by atoms with Crippen molar-refractivity contribution in [2.45, 2.75) is 38.5 Å². The molecule has 3 heteroatoms. The van der Waals surface area contributed by atoms with Gasteiger partial charge in [-0.05, 0) is 24.5 Å². The van der Waals surface area contributed by atoms with Gasteiger partial charge in [-0.1, -0.05) is 44.9 Å². The van der Waals surface area contributed by atoms with E-state index in [1.165, 1.54) is 10.5 Å². The number of thioether (sulfide) groups is 1. The number of hydrogen-bond donors (Lipinski definition) is 1. The summed E-state index contributed by atoms with van der Waals surface area (Å²) in [4.78, 5) is 12.9. The summed E-state index contributed by atoms with van der Waals surface area (Å²) in [6.07, 6.45) is 2.25. The molecule has 1 amide bonds. The van der Waals surface area contributed by atoms with Crippen LogP contribution in [0.5, 0.6) is 0 Å². The minimum Gasteiger partial charge on any atom is -0.355 e. The van der Waals surface area contributed by atoms with Gasteiger partial charge in [0.05, 0.1) is 5.75 Å². The summed E-state index contributed by atoms with van der Waals surface area (Å²) >= 11 is 1.61. The maximum atomic E-state index is 11.7. The molecule has 1 N–H and O–H groups in total. The fourth-order valence-corrected chi connectivity index (χ4v) is 2.61. The van der Waals surface area contributed by atoms with Crippen molar-refractivity contribution in [1.82, 2.24) is 5.32 Å². The average molecular weight is 265 g/mol. The number of rotatable bonds is 7. The summed E-state index contributed by atoms with van der Waals surface area (Å²) in [5, 5.41) is 3.01. The standard InChI is InChI=1S/C15H23NOS/c1-4-13(5-2)10-16-15(17)11-18-14-9-7-6-8-12(14)3/h6-9,13H,4-5,10-11H2,1-3H3,(H,16,17). The molecule has 0 saturated carbocycles. The third kappa shape index (κ3) is 5.13. The zero-order chi connectivity index (χ0) is 13.4. The van der Waals surface area contributed by atoms with Crippen molar-refractivity contribution < 1.29 is 4.79 Å². The number of amides is 1. The van der Waals surface area contributed by atoms with Gasteiger partial charge in [-0.15, -0.1) is 11.8 Å². The highest BCUT2D eigenvalue weighted by Gasteiger charge is 2.07. The molecule has 0 saturated heterocycles. The van der Waals surface area contributed by atoms with Gasteiger partial charge in [0.25, 0.3) is 0 Å². The average Bonchev–Trinajstić information content (AvgIpc) is 2.39. The minimum absolute atomic E-state index is 0.134. The summed E-state index contributed by atoms with van der Waals surface area (Å²) in [6, 6.07) is 8.17. The Labute approximate surface area is 115 Å². The van der Waals surface area contributed by atoms with Crippen LogP contribution >= 0.6 is 11.8 Å². The number of benzene rings is 1. The quantitative estimate of drug-likeness (QED) is 0.763. The normalized spacial score (nSPS) is 10.7. The predicted molar refractivity (Wildman–Crippen MR) is 79.0 cm³/mol. The van der Waals surface area contributed by atoms with E-state index in [9.17, 15) is 4.79 Å². The molecule has 0 aliphatic carbocycles. The van der Waals surface area contributed by atoms with Crippen LogP contribution < -0.4 is 5.32 Å². The molecule has 0 heterocycles. The fraction of sp³-hybridized carbons (Fsp3) is 0.533. The molecule has 0 aliphatic heterocycles. The second-order valence-electron chi connectivity index (χ2n) is 4.54. The molecule has 2 nitrogen and oxygen atoms in total. The zero-order valence-electron chi connectivity index (χ0n) is 11.5. The van der Waals surface area contributed by atoms with Crippen LogP contribution in [0.2, 0.25) is 0 Å². The van der Waals surface area contributed by atoms with Gasteiger partial charge in [-0.2, -0.15) is 0 Å². The van der Waals surface area contributed by atoms with Crippen LogP contribution in [-0.2, 0) is 4.79 Å². The molecule has 0 atom stereocenters. The first-order valence-electron chi connectivity index (χ1n) is 6.62. The van der Waals surface area contributed by atoms with Crippen molar-refractivity contribution >= 4 is 17.7 Å². The smallest absolute Gasteiger partial charge is 0.230 e. The van der Waals surface area contributed by atoms with Crippen LogP contribution in [0.15, 0.2) is 29.2 Å². The summed E-state index contributed by atoms with van der Waals surface area (Å²) < 4.78 is 0. The van der Waals surface area contributed by atoms with E-state index in [0.717, 1.165) is 19.4 Å². The number of hydrogen-bond acceptors (Lipinski definition) is 2. The topological polar surface area (TPSA) is 29.1 Å². The van der Waals surface area contributed by atoms with Crippen molar-refractivity contribution in [3.05, 3.63) is 29.8 Å². The van der Waals surface area contributed by atoms with Gasteiger partial charge in [0, 0.05) is 11.4 Å². The maximum Gasteiger partial charge on any atom is 0.230 e. The first-order valence-corrected chi connectivity index (χ1v) is 7.61. The molecular formula is C15H23NOS. The Morgan fingerprint density at radius 2 is 1.94 bits per heavy atom. The lowest BCUT2D eigenvalue weighted by Crippen LogP contribution is -2.30. The van der Waals surface area contributed by atoms with Gasteiger partial charge in [-0.3, -0.25) is 4.79 Å². The van der Waals surface area contributed by atoms with Crippen molar-refractivity contribution in [3.63, 3.8) is 0 Å². The van der Waals surface area contributed by atoms with E-state index < -0.39 is 0 Å². The zero-order valence-corrected chi connectivity index (χ0v) is 12.3. The lowest BCUT2D eigenvalue weighted by molar-refractivity contribution is -0.118. The second kappa shape index (κ2) is 8.20. The molecular weight excluding hydrogens is 242 g/mol. The van der Waals surface area contributed by atoms with Gasteiger partial charge < -0.3 is 5.32 Å². The minimum atomic E-state index is 0.134. The Kier molecular flexibility index (Phi) is 6.88. The number of carbonyl (C=O) groups excluding carboxylic acids is 1. The van der Waals surface area contributed by atoms with Crippen LogP contribution in [-0.4, -0.2) is 18.2 Å². The van der Waals surface area contributed by atoms with Gasteiger partial charge >= 0.3 is 0 Å². The van der Waals surface area contributed by atoms with Crippen molar-refractivity contribution in [2.75, 3.05) is 12.3 Å². The van der Waals surface area contributed by atoms with Gasteiger partial charge in [0.1, 0.15) is 0 Å². The van der Waals surface area contributed by atoms with E-state index in [1.54, 1.807) is 11.8 Å². The highest BCUT2D eigenvalue weighted by atomic mass is 32.2. The van der Waals surface area contributed by atoms with Crippen LogP contribution in [0.4, 0.5) is 0 Å². The Hall–Kier alpha value is -0.960. The highest BCUT2D eigenvalue weighted by molar-refractivity contribution is 8.00. The van der Waals surface area contributed by atoms with E-state index in [4.69, 9.17) is 0 Å². The van der Waals surface area contributed by atoms with Gasteiger partial charge in [-0.25, -0.2) is 0 Å². The highest BCUT2D eigenvalue weighted by Crippen LogP contribution is 2.21. The summed E-state index contributed by atoms with van der Waals surface area (Å²) in [5.74, 6) is 1.25. The van der Waals surface area contributed by atoms with E-state index in [1.807, 2.05) is 12.1 Å².